The van der Waals surface area contributed by atoms with E-state index in [9.17, 15) is 14.3 Å². The standard InChI is InChI=1S/C34H35FN2O6/c1-22-8-13-25(20-27(22)35)36-32(38)29-28-14-15-34(43-28,30(29)33(39)40-2)31(42-26-6-4-3-5-7-26)24-11-9-23(10-12-24)21-37-16-18-41-19-17-37/h3-15,20,28,31-32,36,38H,16-19,21H2,1-2H3. The third kappa shape index (κ3) is 5.81. The first-order chi connectivity index (χ1) is 20.9. The Labute approximate surface area is 250 Å². The van der Waals surface area contributed by atoms with Crippen LogP contribution in [0.4, 0.5) is 10.1 Å². The maximum absolute atomic E-state index is 14.3. The summed E-state index contributed by atoms with van der Waals surface area (Å²) in [5.41, 5.74) is 1.82. The van der Waals surface area contributed by atoms with Crippen LogP contribution in [-0.2, 0) is 25.5 Å². The van der Waals surface area contributed by atoms with Crippen molar-refractivity contribution < 1.29 is 33.2 Å². The third-order valence-corrected chi connectivity index (χ3v) is 8.16. The van der Waals surface area contributed by atoms with Crippen LogP contribution in [-0.4, -0.2) is 67.3 Å². The number of carbonyl (C=O) groups excluding carboxylic acids is 1. The summed E-state index contributed by atoms with van der Waals surface area (Å²) in [4.78, 5) is 15.8. The van der Waals surface area contributed by atoms with E-state index in [1.165, 1.54) is 13.2 Å². The average Bonchev–Trinajstić information content (AvgIpc) is 3.61. The lowest BCUT2D eigenvalue weighted by atomic mass is 9.79. The Balaban J connectivity index is 1.37. The van der Waals surface area contributed by atoms with E-state index in [1.54, 1.807) is 31.2 Å². The summed E-state index contributed by atoms with van der Waals surface area (Å²) in [7, 11) is 1.29. The van der Waals surface area contributed by atoms with Gasteiger partial charge in [0.25, 0.3) is 0 Å². The number of nitrogens with zero attached hydrogens (tertiary/aromatic N) is 1. The fourth-order valence-electron chi connectivity index (χ4n) is 5.92. The number of carbonyl (C=O) groups is 1. The van der Waals surface area contributed by atoms with Crippen LogP contribution < -0.4 is 10.1 Å². The number of aliphatic hydroxyl groups is 1. The molecule has 9 heteroatoms. The molecule has 3 aromatic rings. The average molecular weight is 587 g/mol. The van der Waals surface area contributed by atoms with E-state index in [4.69, 9.17) is 18.9 Å². The Bertz CT molecular complexity index is 1520. The number of anilines is 1. The van der Waals surface area contributed by atoms with Crippen LogP contribution in [0.15, 0.2) is 96.1 Å². The minimum atomic E-state index is -1.39. The molecule has 3 aliphatic heterocycles. The molecule has 3 aliphatic rings. The highest BCUT2D eigenvalue weighted by molar-refractivity contribution is 5.95. The zero-order valence-electron chi connectivity index (χ0n) is 24.2. The lowest BCUT2D eigenvalue weighted by Crippen LogP contribution is -2.42. The molecule has 6 rings (SSSR count). The van der Waals surface area contributed by atoms with Gasteiger partial charge in [0, 0.05) is 30.9 Å². The number of hydrogen-bond acceptors (Lipinski definition) is 8. The Kier molecular flexibility index (Phi) is 8.32. The van der Waals surface area contributed by atoms with Crippen molar-refractivity contribution >= 4 is 11.7 Å². The first kappa shape index (κ1) is 29.1. The Morgan fingerprint density at radius 2 is 1.86 bits per heavy atom. The summed E-state index contributed by atoms with van der Waals surface area (Å²) >= 11 is 0. The second kappa shape index (κ2) is 12.3. The van der Waals surface area contributed by atoms with Crippen LogP contribution in [0.25, 0.3) is 0 Å². The molecule has 0 spiro atoms. The van der Waals surface area contributed by atoms with Gasteiger partial charge in [-0.25, -0.2) is 9.18 Å². The summed E-state index contributed by atoms with van der Waals surface area (Å²) in [6, 6.07) is 22.0. The molecule has 43 heavy (non-hydrogen) atoms. The van der Waals surface area contributed by atoms with Crippen LogP contribution in [0.5, 0.6) is 5.75 Å². The molecule has 4 atom stereocenters. The molecule has 2 bridgehead atoms. The Hall–Kier alpha value is -4.02. The largest absolute Gasteiger partial charge is 0.482 e. The van der Waals surface area contributed by atoms with Gasteiger partial charge in [0.1, 0.15) is 17.7 Å². The van der Waals surface area contributed by atoms with Crippen molar-refractivity contribution in [3.8, 4) is 5.75 Å². The topological polar surface area (TPSA) is 89.5 Å². The Morgan fingerprint density at radius 1 is 1.12 bits per heavy atom. The van der Waals surface area contributed by atoms with Crippen molar-refractivity contribution in [2.24, 2.45) is 0 Å². The van der Waals surface area contributed by atoms with Gasteiger partial charge in [-0.1, -0.05) is 54.6 Å². The van der Waals surface area contributed by atoms with E-state index in [0.29, 0.717) is 22.6 Å². The zero-order valence-corrected chi connectivity index (χ0v) is 24.2. The molecule has 0 aliphatic carbocycles. The summed E-state index contributed by atoms with van der Waals surface area (Å²) in [5, 5.41) is 14.3. The molecule has 0 aromatic heterocycles. The second-order valence-electron chi connectivity index (χ2n) is 11.0. The number of benzene rings is 3. The highest BCUT2D eigenvalue weighted by Gasteiger charge is 2.59. The van der Waals surface area contributed by atoms with Gasteiger partial charge in [-0.15, -0.1) is 0 Å². The highest BCUT2D eigenvalue weighted by atomic mass is 19.1. The normalized spacial score (nSPS) is 22.8. The number of rotatable bonds is 10. The minimum Gasteiger partial charge on any atom is -0.482 e. The number of halogens is 1. The van der Waals surface area contributed by atoms with Gasteiger partial charge in [0.2, 0.25) is 0 Å². The van der Waals surface area contributed by atoms with Crippen molar-refractivity contribution in [2.75, 3.05) is 38.7 Å². The van der Waals surface area contributed by atoms with Gasteiger partial charge < -0.3 is 29.4 Å². The van der Waals surface area contributed by atoms with Crippen LogP contribution in [0.2, 0.25) is 0 Å². The third-order valence-electron chi connectivity index (χ3n) is 8.16. The molecule has 3 heterocycles. The van der Waals surface area contributed by atoms with Crippen molar-refractivity contribution in [1.82, 2.24) is 4.90 Å². The van der Waals surface area contributed by atoms with Crippen LogP contribution in [0.3, 0.4) is 0 Å². The smallest absolute Gasteiger partial charge is 0.337 e. The van der Waals surface area contributed by atoms with E-state index < -0.39 is 35.8 Å². The summed E-state index contributed by atoms with van der Waals surface area (Å²) < 4.78 is 38.1. The van der Waals surface area contributed by atoms with Crippen molar-refractivity contribution in [1.29, 1.82) is 0 Å². The number of fused-ring (bicyclic) bond motifs is 2. The van der Waals surface area contributed by atoms with Crippen LogP contribution >= 0.6 is 0 Å². The molecule has 0 amide bonds. The summed E-state index contributed by atoms with van der Waals surface area (Å²) in [5.74, 6) is -0.470. The first-order valence-electron chi connectivity index (χ1n) is 14.4. The molecule has 4 unspecified atom stereocenters. The molecule has 1 fully saturated rings. The maximum Gasteiger partial charge on any atom is 0.337 e. The first-order valence-corrected chi connectivity index (χ1v) is 14.4. The van der Waals surface area contributed by atoms with Gasteiger partial charge in [-0.05, 0) is 54.0 Å². The molecular formula is C34H35FN2O6. The van der Waals surface area contributed by atoms with E-state index in [0.717, 1.165) is 44.0 Å². The number of hydrogen-bond donors (Lipinski definition) is 2. The van der Waals surface area contributed by atoms with Gasteiger partial charge >= 0.3 is 5.97 Å². The number of ether oxygens (including phenoxy) is 4. The SMILES string of the molecule is COC(=O)C1=C(C(O)Nc2ccc(C)c(F)c2)C2C=CC1(C(Oc1ccccc1)c1ccc(CN3CCOCC3)cc1)O2. The number of aryl methyl sites for hydroxylation is 1. The highest BCUT2D eigenvalue weighted by Crippen LogP contribution is 2.52. The molecule has 1 saturated heterocycles. The van der Waals surface area contributed by atoms with Gasteiger partial charge in [0.15, 0.2) is 17.9 Å². The molecule has 8 nitrogen and oxygen atoms in total. The minimum absolute atomic E-state index is 0.147. The second-order valence-corrected chi connectivity index (χ2v) is 11.0. The molecule has 224 valence electrons. The predicted octanol–water partition coefficient (Wildman–Crippen LogP) is 4.69. The number of aliphatic hydroxyl groups excluding tert-OH is 1. The monoisotopic (exact) mass is 586 g/mol. The van der Waals surface area contributed by atoms with Gasteiger partial charge in [0.05, 0.1) is 25.9 Å². The summed E-state index contributed by atoms with van der Waals surface area (Å²) in [6.07, 6.45) is 0.720. The van der Waals surface area contributed by atoms with E-state index in [1.807, 2.05) is 42.5 Å². The Morgan fingerprint density at radius 3 is 2.56 bits per heavy atom. The van der Waals surface area contributed by atoms with Gasteiger partial charge in [-0.3, -0.25) is 4.90 Å². The zero-order chi connectivity index (χ0) is 30.0. The molecule has 2 N–H and O–H groups in total. The van der Waals surface area contributed by atoms with E-state index >= 15 is 0 Å². The fraction of sp³-hybridized carbons (Fsp3) is 0.324. The number of esters is 1. The van der Waals surface area contributed by atoms with Crippen molar-refractivity contribution in [2.45, 2.75) is 37.5 Å². The fourth-order valence-corrected chi connectivity index (χ4v) is 5.92. The number of morpholine rings is 1. The quantitative estimate of drug-likeness (QED) is 0.201. The predicted molar refractivity (Wildman–Crippen MR) is 159 cm³/mol. The van der Waals surface area contributed by atoms with Gasteiger partial charge in [-0.2, -0.15) is 0 Å². The number of nitrogens with one attached hydrogen (secondary N) is 1. The van der Waals surface area contributed by atoms with Crippen LogP contribution in [0.1, 0.15) is 22.8 Å². The molecule has 0 saturated carbocycles. The number of methoxy groups -OCH3 is 1. The molecule has 3 aromatic carbocycles. The van der Waals surface area contributed by atoms with Crippen molar-refractivity contribution in [3.63, 3.8) is 0 Å². The molecule has 0 radical (unpaired) electrons. The van der Waals surface area contributed by atoms with E-state index in [2.05, 4.69) is 22.3 Å². The molecular weight excluding hydrogens is 551 g/mol. The lowest BCUT2D eigenvalue weighted by molar-refractivity contribution is -0.139. The maximum atomic E-state index is 14.3. The number of para-hydroxylation sites is 1. The lowest BCUT2D eigenvalue weighted by Gasteiger charge is -2.35. The van der Waals surface area contributed by atoms with Crippen LogP contribution in [0, 0.1) is 12.7 Å². The van der Waals surface area contributed by atoms with E-state index in [-0.39, 0.29) is 5.57 Å². The van der Waals surface area contributed by atoms with Crippen molar-refractivity contribution in [3.05, 3.63) is 119 Å². The summed E-state index contributed by atoms with van der Waals surface area (Å²) in [6.45, 7) is 5.67.